The molecular formula is C19H17FO. The first kappa shape index (κ1) is 13.7. The van der Waals surface area contributed by atoms with Gasteiger partial charge in [-0.1, -0.05) is 30.9 Å². The van der Waals surface area contributed by atoms with E-state index in [1.165, 1.54) is 12.1 Å². The van der Waals surface area contributed by atoms with Gasteiger partial charge in [-0.3, -0.25) is 0 Å². The van der Waals surface area contributed by atoms with Crippen molar-refractivity contribution in [3.8, 4) is 17.6 Å². The molecule has 1 nitrogen and oxygen atoms in total. The molecule has 0 spiro atoms. The molecular weight excluding hydrogens is 263 g/mol. The maximum atomic E-state index is 13.0. The van der Waals surface area contributed by atoms with Crippen LogP contribution in [0.1, 0.15) is 24.5 Å². The normalized spacial score (nSPS) is 23.1. The zero-order valence-electron chi connectivity index (χ0n) is 12.2. The van der Waals surface area contributed by atoms with Crippen molar-refractivity contribution in [2.75, 3.05) is 7.11 Å². The summed E-state index contributed by atoms with van der Waals surface area (Å²) in [6.45, 7) is 2.19. The number of methoxy groups -OCH3 is 1. The number of ether oxygens (including phenoxy) is 1. The molecule has 0 bridgehead atoms. The van der Waals surface area contributed by atoms with Crippen LogP contribution in [0.25, 0.3) is 0 Å². The molecule has 1 saturated carbocycles. The van der Waals surface area contributed by atoms with Gasteiger partial charge in [-0.25, -0.2) is 4.39 Å². The van der Waals surface area contributed by atoms with Gasteiger partial charge in [-0.15, -0.1) is 0 Å². The van der Waals surface area contributed by atoms with Gasteiger partial charge in [0.15, 0.2) is 0 Å². The van der Waals surface area contributed by atoms with Gasteiger partial charge in [-0.05, 0) is 48.4 Å². The van der Waals surface area contributed by atoms with Gasteiger partial charge < -0.3 is 4.74 Å². The van der Waals surface area contributed by atoms with Crippen LogP contribution >= 0.6 is 0 Å². The molecule has 1 fully saturated rings. The Hall–Kier alpha value is -2.27. The predicted molar refractivity (Wildman–Crippen MR) is 81.7 cm³/mol. The SMILES string of the molecule is COc1ccc(C#C[C@@H]2C[C@@]2(C)c2ccc(F)cc2)cc1. The van der Waals surface area contributed by atoms with Crippen molar-refractivity contribution in [2.24, 2.45) is 5.92 Å². The molecule has 2 aromatic rings. The summed E-state index contributed by atoms with van der Waals surface area (Å²) in [5, 5.41) is 0. The van der Waals surface area contributed by atoms with Crippen LogP contribution in [0.4, 0.5) is 4.39 Å². The van der Waals surface area contributed by atoms with E-state index >= 15 is 0 Å². The topological polar surface area (TPSA) is 9.23 Å². The van der Waals surface area contributed by atoms with Crippen molar-refractivity contribution in [2.45, 2.75) is 18.8 Å². The first-order valence-corrected chi connectivity index (χ1v) is 7.03. The van der Waals surface area contributed by atoms with Gasteiger partial charge in [0.2, 0.25) is 0 Å². The Bertz CT molecular complexity index is 691. The van der Waals surface area contributed by atoms with Gasteiger partial charge in [0, 0.05) is 16.9 Å². The Morgan fingerprint density at radius 3 is 2.38 bits per heavy atom. The van der Waals surface area contributed by atoms with Crippen LogP contribution in [0, 0.1) is 23.6 Å². The van der Waals surface area contributed by atoms with Crippen molar-refractivity contribution in [1.29, 1.82) is 0 Å². The highest BCUT2D eigenvalue weighted by Crippen LogP contribution is 2.53. The molecule has 0 amide bonds. The van der Waals surface area contributed by atoms with E-state index in [0.29, 0.717) is 5.92 Å². The highest BCUT2D eigenvalue weighted by molar-refractivity contribution is 5.43. The molecule has 0 saturated heterocycles. The molecule has 0 aliphatic heterocycles. The second-order valence-electron chi connectivity index (χ2n) is 5.68. The van der Waals surface area contributed by atoms with Crippen molar-refractivity contribution in [3.05, 3.63) is 65.5 Å². The zero-order chi connectivity index (χ0) is 14.9. The van der Waals surface area contributed by atoms with Gasteiger partial charge in [0.25, 0.3) is 0 Å². The van der Waals surface area contributed by atoms with E-state index in [1.807, 2.05) is 36.4 Å². The highest BCUT2D eigenvalue weighted by Gasteiger charge is 2.50. The Morgan fingerprint density at radius 1 is 1.10 bits per heavy atom. The molecule has 2 aromatic carbocycles. The third-order valence-electron chi connectivity index (χ3n) is 4.22. The van der Waals surface area contributed by atoms with Crippen LogP contribution < -0.4 is 4.74 Å². The summed E-state index contributed by atoms with van der Waals surface area (Å²) >= 11 is 0. The maximum Gasteiger partial charge on any atom is 0.123 e. The van der Waals surface area contributed by atoms with Gasteiger partial charge in [-0.2, -0.15) is 0 Å². The lowest BCUT2D eigenvalue weighted by Crippen LogP contribution is -2.03. The lowest BCUT2D eigenvalue weighted by molar-refractivity contribution is 0.415. The van der Waals surface area contributed by atoms with Crippen molar-refractivity contribution >= 4 is 0 Å². The molecule has 2 heteroatoms. The van der Waals surface area contributed by atoms with E-state index in [2.05, 4.69) is 18.8 Å². The second-order valence-corrected chi connectivity index (χ2v) is 5.68. The molecule has 106 valence electrons. The first-order chi connectivity index (χ1) is 10.1. The number of hydrogen-bond donors (Lipinski definition) is 0. The maximum absolute atomic E-state index is 13.0. The van der Waals surface area contributed by atoms with Gasteiger partial charge >= 0.3 is 0 Å². The molecule has 0 radical (unpaired) electrons. The quantitative estimate of drug-likeness (QED) is 0.750. The Balaban J connectivity index is 1.73. The second kappa shape index (κ2) is 5.26. The fraction of sp³-hybridized carbons (Fsp3) is 0.263. The van der Waals surface area contributed by atoms with Crippen molar-refractivity contribution in [3.63, 3.8) is 0 Å². The summed E-state index contributed by atoms with van der Waals surface area (Å²) in [5.41, 5.74) is 2.22. The number of halogens is 1. The number of rotatable bonds is 2. The lowest BCUT2D eigenvalue weighted by atomic mass is 9.95. The van der Waals surface area contributed by atoms with Crippen LogP contribution in [0.3, 0.4) is 0 Å². The molecule has 3 rings (SSSR count). The number of hydrogen-bond acceptors (Lipinski definition) is 1. The largest absolute Gasteiger partial charge is 0.497 e. The van der Waals surface area contributed by atoms with Crippen LogP contribution in [-0.2, 0) is 5.41 Å². The average molecular weight is 280 g/mol. The lowest BCUT2D eigenvalue weighted by Gasteiger charge is -2.08. The van der Waals surface area contributed by atoms with E-state index in [1.54, 1.807) is 7.11 Å². The Kier molecular flexibility index (Phi) is 3.43. The Labute approximate surface area is 124 Å². The molecule has 0 heterocycles. The summed E-state index contributed by atoms with van der Waals surface area (Å²) < 4.78 is 18.1. The molecule has 1 aliphatic carbocycles. The molecule has 0 N–H and O–H groups in total. The summed E-state index contributed by atoms with van der Waals surface area (Å²) in [7, 11) is 1.65. The molecule has 2 atom stereocenters. The first-order valence-electron chi connectivity index (χ1n) is 7.03. The van der Waals surface area contributed by atoms with Gasteiger partial charge in [0.1, 0.15) is 11.6 Å². The van der Waals surface area contributed by atoms with Crippen molar-refractivity contribution < 1.29 is 9.13 Å². The van der Waals surface area contributed by atoms with E-state index in [4.69, 9.17) is 4.74 Å². The van der Waals surface area contributed by atoms with E-state index < -0.39 is 0 Å². The third kappa shape index (κ3) is 2.78. The third-order valence-corrected chi connectivity index (χ3v) is 4.22. The van der Waals surface area contributed by atoms with E-state index in [9.17, 15) is 4.39 Å². The molecule has 0 unspecified atom stereocenters. The zero-order valence-corrected chi connectivity index (χ0v) is 12.2. The minimum Gasteiger partial charge on any atom is -0.497 e. The van der Waals surface area contributed by atoms with Crippen molar-refractivity contribution in [1.82, 2.24) is 0 Å². The molecule has 1 aliphatic rings. The van der Waals surface area contributed by atoms with E-state index in [-0.39, 0.29) is 11.2 Å². The van der Waals surface area contributed by atoms with Crippen LogP contribution in [0.2, 0.25) is 0 Å². The standard InChI is InChI=1S/C19H17FO/c1-19(15-7-9-17(20)10-8-15)13-16(19)6-3-14-4-11-18(21-2)12-5-14/h4-5,7-12,16H,13H2,1-2H3/t16-,19+/m1/s1. The Morgan fingerprint density at radius 2 is 1.76 bits per heavy atom. The monoisotopic (exact) mass is 280 g/mol. The van der Waals surface area contributed by atoms with Crippen LogP contribution in [0.5, 0.6) is 5.75 Å². The molecule has 21 heavy (non-hydrogen) atoms. The summed E-state index contributed by atoms with van der Waals surface area (Å²) in [5.74, 6) is 7.53. The molecule has 0 aromatic heterocycles. The fourth-order valence-electron chi connectivity index (χ4n) is 2.57. The minimum absolute atomic E-state index is 0.0627. The van der Waals surface area contributed by atoms with Crippen LogP contribution in [-0.4, -0.2) is 7.11 Å². The minimum atomic E-state index is -0.191. The van der Waals surface area contributed by atoms with Gasteiger partial charge in [0.05, 0.1) is 7.11 Å². The smallest absolute Gasteiger partial charge is 0.123 e. The number of benzene rings is 2. The highest BCUT2D eigenvalue weighted by atomic mass is 19.1. The summed E-state index contributed by atoms with van der Waals surface area (Å²) in [6, 6.07) is 14.5. The summed E-state index contributed by atoms with van der Waals surface area (Å²) in [4.78, 5) is 0. The fourth-order valence-corrected chi connectivity index (χ4v) is 2.57. The summed E-state index contributed by atoms with van der Waals surface area (Å²) in [6.07, 6.45) is 1.03. The predicted octanol–water partition coefficient (Wildman–Crippen LogP) is 4.16. The average Bonchev–Trinajstić information content (AvgIpc) is 3.18. The van der Waals surface area contributed by atoms with Crippen LogP contribution in [0.15, 0.2) is 48.5 Å². The van der Waals surface area contributed by atoms with E-state index in [0.717, 1.165) is 23.3 Å².